The van der Waals surface area contributed by atoms with Gasteiger partial charge in [0.05, 0.1) is 0 Å². The number of carbonyl (C=O) groups is 1. The van der Waals surface area contributed by atoms with Crippen molar-refractivity contribution in [3.8, 4) is 0 Å². The molecule has 0 radical (unpaired) electrons. The lowest BCUT2D eigenvalue weighted by Crippen LogP contribution is -2.45. The summed E-state index contributed by atoms with van der Waals surface area (Å²) < 4.78 is 0. The minimum absolute atomic E-state index is 0.0742. The van der Waals surface area contributed by atoms with Crippen molar-refractivity contribution in [3.05, 3.63) is 11.6 Å². The summed E-state index contributed by atoms with van der Waals surface area (Å²) in [5.74, 6) is 0.946. The summed E-state index contributed by atoms with van der Waals surface area (Å²) in [6, 6.07) is 0.234. The van der Waals surface area contributed by atoms with Crippen LogP contribution in [0, 0.1) is 0 Å². The molecule has 1 aliphatic heterocycles. The topological polar surface area (TPSA) is 87.9 Å². The molecular formula is C14H25N5O. The van der Waals surface area contributed by atoms with Gasteiger partial charge in [0.2, 0.25) is 5.82 Å². The molecule has 20 heavy (non-hydrogen) atoms. The second-order valence-electron chi connectivity index (χ2n) is 6.48. The van der Waals surface area contributed by atoms with E-state index in [0.717, 1.165) is 38.1 Å². The first-order valence-corrected chi connectivity index (χ1v) is 7.37. The largest absolute Gasteiger partial charge is 0.333 e. The number of piperidine rings is 1. The quantitative estimate of drug-likeness (QED) is 0.876. The van der Waals surface area contributed by atoms with E-state index in [1.807, 2.05) is 25.7 Å². The van der Waals surface area contributed by atoms with Crippen LogP contribution in [-0.2, 0) is 5.41 Å². The maximum atomic E-state index is 12.6. The van der Waals surface area contributed by atoms with Gasteiger partial charge in [-0.3, -0.25) is 9.89 Å². The Morgan fingerprint density at radius 1 is 1.45 bits per heavy atom. The van der Waals surface area contributed by atoms with Crippen LogP contribution >= 0.6 is 0 Å². The van der Waals surface area contributed by atoms with E-state index in [1.54, 1.807) is 0 Å². The third kappa shape index (κ3) is 3.17. The fourth-order valence-corrected chi connectivity index (χ4v) is 2.58. The van der Waals surface area contributed by atoms with Crippen molar-refractivity contribution in [1.29, 1.82) is 0 Å². The van der Waals surface area contributed by atoms with E-state index in [0.29, 0.717) is 6.54 Å². The fraction of sp³-hybridized carbons (Fsp3) is 0.786. The zero-order chi connectivity index (χ0) is 14.8. The van der Waals surface area contributed by atoms with Gasteiger partial charge >= 0.3 is 0 Å². The van der Waals surface area contributed by atoms with Gasteiger partial charge in [0.15, 0.2) is 0 Å². The number of H-pyrrole nitrogens is 1. The van der Waals surface area contributed by atoms with Crippen LogP contribution in [-0.4, -0.2) is 45.1 Å². The summed E-state index contributed by atoms with van der Waals surface area (Å²) in [6.07, 6.45) is 4.08. The van der Waals surface area contributed by atoms with Crippen molar-refractivity contribution in [2.75, 3.05) is 13.1 Å². The molecule has 2 heterocycles. The molecule has 1 atom stereocenters. The standard InChI is InChI=1S/C14H25N5O/c1-14(2,3)13-16-11(17-18-13)12(20)19-9-5-4-6-10(19)7-8-15/h10H,4-9,15H2,1-3H3,(H,16,17,18). The molecule has 1 aliphatic rings. The molecule has 1 aromatic rings. The Bertz CT molecular complexity index is 460. The molecule has 1 fully saturated rings. The van der Waals surface area contributed by atoms with E-state index < -0.39 is 0 Å². The zero-order valence-electron chi connectivity index (χ0n) is 12.6. The van der Waals surface area contributed by atoms with Crippen LogP contribution in [0.5, 0.6) is 0 Å². The first kappa shape index (κ1) is 15.0. The Labute approximate surface area is 120 Å². The van der Waals surface area contributed by atoms with E-state index in [1.165, 1.54) is 0 Å². The summed E-state index contributed by atoms with van der Waals surface area (Å²) in [7, 11) is 0. The van der Waals surface area contributed by atoms with Crippen molar-refractivity contribution in [1.82, 2.24) is 20.1 Å². The minimum Gasteiger partial charge on any atom is -0.333 e. The summed E-state index contributed by atoms with van der Waals surface area (Å²) in [4.78, 5) is 18.8. The molecule has 1 amide bonds. The molecule has 0 bridgehead atoms. The highest BCUT2D eigenvalue weighted by Gasteiger charge is 2.30. The average Bonchev–Trinajstić information content (AvgIpc) is 2.88. The molecule has 6 heteroatoms. The lowest BCUT2D eigenvalue weighted by atomic mass is 9.96. The number of hydrogen-bond acceptors (Lipinski definition) is 4. The highest BCUT2D eigenvalue weighted by molar-refractivity contribution is 5.90. The number of nitrogens with one attached hydrogen (secondary N) is 1. The molecule has 6 nitrogen and oxygen atoms in total. The molecule has 0 saturated carbocycles. The van der Waals surface area contributed by atoms with Crippen molar-refractivity contribution in [2.24, 2.45) is 5.73 Å². The van der Waals surface area contributed by atoms with E-state index in [4.69, 9.17) is 5.73 Å². The van der Waals surface area contributed by atoms with Crippen LogP contribution in [0.15, 0.2) is 0 Å². The summed E-state index contributed by atoms with van der Waals surface area (Å²) in [5, 5.41) is 6.97. The second-order valence-corrected chi connectivity index (χ2v) is 6.48. The number of nitrogens with two attached hydrogens (primary N) is 1. The lowest BCUT2D eigenvalue weighted by molar-refractivity contribution is 0.0592. The molecule has 0 aromatic carbocycles. The number of likely N-dealkylation sites (tertiary alicyclic amines) is 1. The number of nitrogens with zero attached hydrogens (tertiary/aromatic N) is 3. The van der Waals surface area contributed by atoms with Crippen molar-refractivity contribution in [3.63, 3.8) is 0 Å². The van der Waals surface area contributed by atoms with Crippen LogP contribution < -0.4 is 5.73 Å². The predicted molar refractivity (Wildman–Crippen MR) is 77.4 cm³/mol. The smallest absolute Gasteiger partial charge is 0.293 e. The molecule has 112 valence electrons. The van der Waals surface area contributed by atoms with Gasteiger partial charge in [-0.1, -0.05) is 20.8 Å². The number of amides is 1. The van der Waals surface area contributed by atoms with E-state index in [-0.39, 0.29) is 23.2 Å². The van der Waals surface area contributed by atoms with Gasteiger partial charge in [0, 0.05) is 18.0 Å². The molecule has 0 spiro atoms. The van der Waals surface area contributed by atoms with E-state index in [9.17, 15) is 4.79 Å². The Hall–Kier alpha value is -1.43. The monoisotopic (exact) mass is 279 g/mol. The maximum absolute atomic E-state index is 12.6. The van der Waals surface area contributed by atoms with Crippen LogP contribution in [0.2, 0.25) is 0 Å². The third-order valence-corrected chi connectivity index (χ3v) is 3.77. The Kier molecular flexibility index (Phi) is 4.42. The SMILES string of the molecule is CC(C)(C)c1nc(C(=O)N2CCCCC2CCN)n[nH]1. The van der Waals surface area contributed by atoms with Crippen LogP contribution in [0.25, 0.3) is 0 Å². The van der Waals surface area contributed by atoms with Crippen LogP contribution in [0.1, 0.15) is 62.9 Å². The van der Waals surface area contributed by atoms with Crippen molar-refractivity contribution >= 4 is 5.91 Å². The first-order valence-electron chi connectivity index (χ1n) is 7.37. The third-order valence-electron chi connectivity index (χ3n) is 3.77. The molecule has 1 unspecified atom stereocenters. The molecule has 0 aliphatic carbocycles. The van der Waals surface area contributed by atoms with Crippen molar-refractivity contribution in [2.45, 2.75) is 57.9 Å². The average molecular weight is 279 g/mol. The Balaban J connectivity index is 2.15. The van der Waals surface area contributed by atoms with Crippen LogP contribution in [0.3, 0.4) is 0 Å². The predicted octanol–water partition coefficient (Wildman–Crippen LogP) is 1.45. The first-order chi connectivity index (χ1) is 9.43. The highest BCUT2D eigenvalue weighted by atomic mass is 16.2. The summed E-state index contributed by atoms with van der Waals surface area (Å²) >= 11 is 0. The van der Waals surface area contributed by atoms with Gasteiger partial charge < -0.3 is 10.6 Å². The van der Waals surface area contributed by atoms with Crippen LogP contribution in [0.4, 0.5) is 0 Å². The fourth-order valence-electron chi connectivity index (χ4n) is 2.58. The maximum Gasteiger partial charge on any atom is 0.293 e. The molecule has 3 N–H and O–H groups in total. The number of rotatable bonds is 3. The summed E-state index contributed by atoms with van der Waals surface area (Å²) in [5.41, 5.74) is 5.51. The van der Waals surface area contributed by atoms with Gasteiger partial charge in [-0.25, -0.2) is 4.98 Å². The van der Waals surface area contributed by atoms with Gasteiger partial charge in [0.25, 0.3) is 5.91 Å². The normalized spacial score (nSPS) is 20.2. The number of hydrogen-bond donors (Lipinski definition) is 2. The number of carbonyl (C=O) groups excluding carboxylic acids is 1. The molecule has 2 rings (SSSR count). The number of aromatic amines is 1. The number of aromatic nitrogens is 3. The van der Waals surface area contributed by atoms with Gasteiger partial charge in [0.1, 0.15) is 5.82 Å². The van der Waals surface area contributed by atoms with Gasteiger partial charge in [-0.05, 0) is 32.2 Å². The van der Waals surface area contributed by atoms with Crippen molar-refractivity contribution < 1.29 is 4.79 Å². The van der Waals surface area contributed by atoms with E-state index >= 15 is 0 Å². The lowest BCUT2D eigenvalue weighted by Gasteiger charge is -2.34. The molecular weight excluding hydrogens is 254 g/mol. The molecule has 1 saturated heterocycles. The summed E-state index contributed by atoms with van der Waals surface area (Å²) in [6.45, 7) is 7.51. The Morgan fingerprint density at radius 2 is 2.20 bits per heavy atom. The van der Waals surface area contributed by atoms with E-state index in [2.05, 4.69) is 15.2 Å². The molecule has 1 aromatic heterocycles. The Morgan fingerprint density at radius 3 is 2.80 bits per heavy atom. The van der Waals surface area contributed by atoms with Gasteiger partial charge in [-0.15, -0.1) is 5.10 Å². The van der Waals surface area contributed by atoms with Gasteiger partial charge in [-0.2, -0.15) is 0 Å². The second kappa shape index (κ2) is 5.91. The minimum atomic E-state index is -0.135. The highest BCUT2D eigenvalue weighted by Crippen LogP contribution is 2.22. The zero-order valence-corrected chi connectivity index (χ0v) is 12.6.